The molecule has 2 aliphatic heterocycles. The van der Waals surface area contributed by atoms with Crippen molar-refractivity contribution in [3.05, 3.63) is 52.7 Å². The van der Waals surface area contributed by atoms with Crippen LogP contribution in [0, 0.1) is 32.5 Å². The minimum Gasteiger partial charge on any atom is -0.359 e. The lowest BCUT2D eigenvalue weighted by atomic mass is 9.66. The van der Waals surface area contributed by atoms with E-state index in [0.717, 1.165) is 86.6 Å². The molecule has 1 N–H and O–H groups in total. The Morgan fingerprint density at radius 2 is 1.83 bits per heavy atom. The van der Waals surface area contributed by atoms with Crippen LogP contribution in [0.25, 0.3) is 0 Å². The molecule has 3 heterocycles. The molecule has 0 saturated carbocycles. The predicted octanol–water partition coefficient (Wildman–Crippen LogP) is 4.71. The average molecular weight is 496 g/mol. The van der Waals surface area contributed by atoms with Gasteiger partial charge in [0, 0.05) is 32.6 Å². The van der Waals surface area contributed by atoms with E-state index in [1.807, 2.05) is 26.1 Å². The zero-order chi connectivity index (χ0) is 25.9. The standard InChI is InChI=1S/C29H42FN5O/c1-20(16-28(36)31-5)18-29(26-17-24(30)7-6-21(26)2)10-14-34(15-11-29)25-8-12-35(13-9-25)27-19-32-22(3)23(4)33-27/h6-7,17,19-20,25H,8-16,18H2,1-5H3,(H,31,36). The van der Waals surface area contributed by atoms with Crippen LogP contribution in [0.3, 0.4) is 0 Å². The van der Waals surface area contributed by atoms with Crippen LogP contribution in [0.5, 0.6) is 0 Å². The van der Waals surface area contributed by atoms with Crippen molar-refractivity contribution in [2.75, 3.05) is 38.1 Å². The number of likely N-dealkylation sites (tertiary alicyclic amines) is 1. The number of carbonyl (C=O) groups is 1. The summed E-state index contributed by atoms with van der Waals surface area (Å²) in [4.78, 5) is 26.3. The van der Waals surface area contributed by atoms with E-state index in [4.69, 9.17) is 4.98 Å². The number of aromatic nitrogens is 2. The summed E-state index contributed by atoms with van der Waals surface area (Å²) in [6.45, 7) is 12.3. The van der Waals surface area contributed by atoms with Crippen molar-refractivity contribution in [2.24, 2.45) is 5.92 Å². The van der Waals surface area contributed by atoms with Crippen LogP contribution in [0.2, 0.25) is 0 Å². The van der Waals surface area contributed by atoms with Crippen molar-refractivity contribution in [1.29, 1.82) is 0 Å². The second-order valence-electron chi connectivity index (χ2n) is 11.1. The van der Waals surface area contributed by atoms with Gasteiger partial charge in [0.1, 0.15) is 11.6 Å². The van der Waals surface area contributed by atoms with E-state index < -0.39 is 0 Å². The Morgan fingerprint density at radius 3 is 2.47 bits per heavy atom. The third kappa shape index (κ3) is 5.88. The molecule has 7 heteroatoms. The third-order valence-electron chi connectivity index (χ3n) is 8.56. The fourth-order valence-electron chi connectivity index (χ4n) is 6.37. The Hall–Kier alpha value is -2.54. The first-order chi connectivity index (χ1) is 17.2. The lowest BCUT2D eigenvalue weighted by Crippen LogP contribution is -2.51. The van der Waals surface area contributed by atoms with Crippen LogP contribution < -0.4 is 10.2 Å². The number of hydrogen-bond acceptors (Lipinski definition) is 5. The first kappa shape index (κ1) is 26.5. The molecule has 0 aliphatic carbocycles. The summed E-state index contributed by atoms with van der Waals surface area (Å²) in [5.74, 6) is 1.13. The molecule has 1 unspecified atom stereocenters. The molecule has 1 aromatic heterocycles. The molecule has 2 aliphatic rings. The molecule has 0 radical (unpaired) electrons. The number of anilines is 1. The SMILES string of the molecule is CNC(=O)CC(C)CC1(c2cc(F)ccc2C)CCN(C2CCN(c3cnc(C)c(C)n3)CC2)CC1. The van der Waals surface area contributed by atoms with Gasteiger partial charge >= 0.3 is 0 Å². The Kier molecular flexibility index (Phi) is 8.28. The third-order valence-corrected chi connectivity index (χ3v) is 8.56. The van der Waals surface area contributed by atoms with Crippen LogP contribution in [0.4, 0.5) is 10.2 Å². The smallest absolute Gasteiger partial charge is 0.220 e. The maximum atomic E-state index is 14.4. The molecular weight excluding hydrogens is 453 g/mol. The number of rotatable bonds is 7. The second kappa shape index (κ2) is 11.2. The van der Waals surface area contributed by atoms with Gasteiger partial charge in [0.05, 0.1) is 17.6 Å². The fourth-order valence-corrected chi connectivity index (χ4v) is 6.37. The van der Waals surface area contributed by atoms with Gasteiger partial charge in [0.15, 0.2) is 0 Å². The van der Waals surface area contributed by atoms with E-state index in [1.165, 1.54) is 0 Å². The van der Waals surface area contributed by atoms with Crippen molar-refractivity contribution < 1.29 is 9.18 Å². The number of nitrogens with one attached hydrogen (secondary N) is 1. The number of piperidine rings is 2. The first-order valence-corrected chi connectivity index (χ1v) is 13.5. The van der Waals surface area contributed by atoms with E-state index >= 15 is 0 Å². The number of aryl methyl sites for hydroxylation is 3. The number of amides is 1. The monoisotopic (exact) mass is 495 g/mol. The average Bonchev–Trinajstić information content (AvgIpc) is 2.87. The lowest BCUT2D eigenvalue weighted by molar-refractivity contribution is -0.121. The summed E-state index contributed by atoms with van der Waals surface area (Å²) < 4.78 is 14.4. The van der Waals surface area contributed by atoms with E-state index in [2.05, 4.69) is 33.9 Å². The highest BCUT2D eigenvalue weighted by atomic mass is 19.1. The highest BCUT2D eigenvalue weighted by molar-refractivity contribution is 5.75. The van der Waals surface area contributed by atoms with Gasteiger partial charge in [-0.3, -0.25) is 9.78 Å². The Bertz CT molecular complexity index is 1060. The van der Waals surface area contributed by atoms with Crippen molar-refractivity contribution in [1.82, 2.24) is 20.2 Å². The van der Waals surface area contributed by atoms with Crippen LogP contribution >= 0.6 is 0 Å². The minimum atomic E-state index is -0.168. The van der Waals surface area contributed by atoms with E-state index in [9.17, 15) is 9.18 Å². The predicted molar refractivity (Wildman–Crippen MR) is 143 cm³/mol. The summed E-state index contributed by atoms with van der Waals surface area (Å²) in [5.41, 5.74) is 4.18. The molecule has 2 fully saturated rings. The van der Waals surface area contributed by atoms with Crippen molar-refractivity contribution >= 4 is 11.7 Å². The highest BCUT2D eigenvalue weighted by Crippen LogP contribution is 2.44. The summed E-state index contributed by atoms with van der Waals surface area (Å²) in [5, 5.41) is 2.76. The highest BCUT2D eigenvalue weighted by Gasteiger charge is 2.40. The summed E-state index contributed by atoms with van der Waals surface area (Å²) in [6, 6.07) is 5.79. The zero-order valence-electron chi connectivity index (χ0n) is 22.6. The molecule has 6 nitrogen and oxygen atoms in total. The van der Waals surface area contributed by atoms with Gasteiger partial charge in [-0.15, -0.1) is 0 Å². The van der Waals surface area contributed by atoms with Gasteiger partial charge in [0.25, 0.3) is 0 Å². The number of benzene rings is 1. The topological polar surface area (TPSA) is 61.4 Å². The molecule has 0 bridgehead atoms. The van der Waals surface area contributed by atoms with Gasteiger partial charge in [-0.2, -0.15) is 0 Å². The largest absolute Gasteiger partial charge is 0.359 e. The summed E-state index contributed by atoms with van der Waals surface area (Å²) in [7, 11) is 1.69. The van der Waals surface area contributed by atoms with Crippen LogP contribution in [0.1, 0.15) is 68.0 Å². The molecular formula is C29H42FN5O. The van der Waals surface area contributed by atoms with Gasteiger partial charge in [0.2, 0.25) is 5.91 Å². The van der Waals surface area contributed by atoms with Gasteiger partial charge in [-0.1, -0.05) is 13.0 Å². The lowest BCUT2D eigenvalue weighted by Gasteiger charge is -2.48. The van der Waals surface area contributed by atoms with Crippen molar-refractivity contribution in [3.63, 3.8) is 0 Å². The Morgan fingerprint density at radius 1 is 1.14 bits per heavy atom. The minimum absolute atomic E-state index is 0.0753. The molecule has 196 valence electrons. The molecule has 4 rings (SSSR count). The fraction of sp³-hybridized carbons (Fsp3) is 0.621. The van der Waals surface area contributed by atoms with Crippen LogP contribution in [0.15, 0.2) is 24.4 Å². The second-order valence-corrected chi connectivity index (χ2v) is 11.1. The van der Waals surface area contributed by atoms with E-state index in [0.29, 0.717) is 12.5 Å². The van der Waals surface area contributed by atoms with Gasteiger partial charge in [-0.25, -0.2) is 9.37 Å². The van der Waals surface area contributed by atoms with Crippen molar-refractivity contribution in [2.45, 2.75) is 77.7 Å². The molecule has 1 aromatic carbocycles. The van der Waals surface area contributed by atoms with Crippen LogP contribution in [-0.4, -0.2) is 60.0 Å². The molecule has 0 spiro atoms. The molecule has 2 aromatic rings. The van der Waals surface area contributed by atoms with Crippen molar-refractivity contribution in [3.8, 4) is 0 Å². The van der Waals surface area contributed by atoms with E-state index in [1.54, 1.807) is 19.2 Å². The van der Waals surface area contributed by atoms with Crippen LogP contribution in [-0.2, 0) is 10.2 Å². The normalized spacial score (nSPS) is 19.8. The Labute approximate surface area is 215 Å². The Balaban J connectivity index is 1.43. The quantitative estimate of drug-likeness (QED) is 0.603. The first-order valence-electron chi connectivity index (χ1n) is 13.5. The maximum Gasteiger partial charge on any atom is 0.220 e. The maximum absolute atomic E-state index is 14.4. The number of halogens is 1. The summed E-state index contributed by atoms with van der Waals surface area (Å²) in [6.07, 6.45) is 7.55. The summed E-state index contributed by atoms with van der Waals surface area (Å²) >= 11 is 0. The molecule has 36 heavy (non-hydrogen) atoms. The molecule has 1 atom stereocenters. The molecule has 1 amide bonds. The zero-order valence-corrected chi connectivity index (χ0v) is 22.6. The van der Waals surface area contributed by atoms with E-state index in [-0.39, 0.29) is 23.1 Å². The van der Waals surface area contributed by atoms with Gasteiger partial charge < -0.3 is 15.1 Å². The number of hydrogen-bond donors (Lipinski definition) is 1. The molecule has 2 saturated heterocycles. The van der Waals surface area contributed by atoms with Gasteiger partial charge in [-0.05, 0) is 101 Å². The number of carbonyl (C=O) groups excluding carboxylic acids is 1. The number of nitrogens with zero attached hydrogens (tertiary/aromatic N) is 4.